The van der Waals surface area contributed by atoms with E-state index in [1.54, 1.807) is 62.4 Å². The highest BCUT2D eigenvalue weighted by Gasteiger charge is 2.43. The van der Waals surface area contributed by atoms with Crippen LogP contribution < -0.4 is 21.3 Å². The smallest absolute Gasteiger partial charge is 0.252 e. The number of rotatable bonds is 19. The average Bonchev–Trinajstić information content (AvgIpc) is 3.08. The van der Waals surface area contributed by atoms with E-state index in [4.69, 9.17) is 9.47 Å². The Kier molecular flexibility index (Phi) is 16.4. The van der Waals surface area contributed by atoms with E-state index in [1.165, 1.54) is 14.1 Å². The Morgan fingerprint density at radius 1 is 0.609 bits per heavy atom. The number of nitrogens with one attached hydrogen (secondary N) is 4. The lowest BCUT2D eigenvalue weighted by Crippen LogP contribution is -2.60. The first kappa shape index (κ1) is 38.3. The van der Waals surface area contributed by atoms with Crippen LogP contribution in [0, 0.1) is 11.8 Å². The van der Waals surface area contributed by atoms with Crippen LogP contribution in [0.1, 0.15) is 51.7 Å². The molecule has 254 valence electrons. The van der Waals surface area contributed by atoms with Gasteiger partial charge in [0.2, 0.25) is 11.8 Å². The van der Waals surface area contributed by atoms with Gasteiger partial charge < -0.3 is 41.0 Å². The van der Waals surface area contributed by atoms with Crippen molar-refractivity contribution in [2.75, 3.05) is 14.1 Å². The third-order valence-electron chi connectivity index (χ3n) is 8.11. The molecule has 0 radical (unpaired) electrons. The summed E-state index contributed by atoms with van der Waals surface area (Å²) >= 11 is 0. The fourth-order valence-corrected chi connectivity index (χ4v) is 4.72. The first-order valence-corrected chi connectivity index (χ1v) is 15.7. The molecule has 8 unspecified atom stereocenters. The van der Waals surface area contributed by atoms with Crippen molar-refractivity contribution < 1.29 is 38.9 Å². The molecule has 0 heterocycles. The van der Waals surface area contributed by atoms with Crippen LogP contribution in [-0.2, 0) is 41.9 Å². The maximum atomic E-state index is 13.7. The Morgan fingerprint density at radius 3 is 1.22 bits per heavy atom. The largest absolute Gasteiger partial charge is 0.387 e. The van der Waals surface area contributed by atoms with Crippen LogP contribution in [0.15, 0.2) is 60.7 Å². The second-order valence-corrected chi connectivity index (χ2v) is 11.4. The number of aliphatic hydroxyl groups excluding tert-OH is 2. The molecule has 0 spiro atoms. The van der Waals surface area contributed by atoms with Crippen molar-refractivity contribution >= 4 is 23.6 Å². The number of ether oxygens (including phenoxy) is 2. The molecule has 6 N–H and O–H groups in total. The molecule has 12 heteroatoms. The molecule has 0 aliphatic carbocycles. The van der Waals surface area contributed by atoms with Gasteiger partial charge in [0.1, 0.15) is 24.3 Å². The van der Waals surface area contributed by atoms with Gasteiger partial charge in [0.25, 0.3) is 11.8 Å². The quantitative estimate of drug-likeness (QED) is 0.133. The fourth-order valence-electron chi connectivity index (χ4n) is 4.72. The van der Waals surface area contributed by atoms with Crippen LogP contribution in [0.2, 0.25) is 0 Å². The molecule has 46 heavy (non-hydrogen) atoms. The minimum Gasteiger partial charge on any atom is -0.387 e. The molecule has 2 aromatic carbocycles. The van der Waals surface area contributed by atoms with Gasteiger partial charge in [0.15, 0.2) is 12.2 Å². The molecule has 0 saturated heterocycles. The predicted molar refractivity (Wildman–Crippen MR) is 173 cm³/mol. The zero-order valence-corrected chi connectivity index (χ0v) is 27.6. The van der Waals surface area contributed by atoms with Crippen LogP contribution in [0.4, 0.5) is 0 Å². The van der Waals surface area contributed by atoms with Crippen molar-refractivity contribution in [2.45, 2.75) is 90.2 Å². The number of likely N-dealkylation sites (N-methyl/N-ethyl adjacent to an activating group) is 2. The SMILES string of the molecule is CCC(C)C(NC(=O)C(OCc1ccccc1)C(O)C(O)C(OCc1ccccc1)C(=O)NC(C(=O)NC)C(C)CC)C(=O)NC. The molecular weight excluding hydrogens is 592 g/mol. The van der Waals surface area contributed by atoms with Crippen molar-refractivity contribution in [1.82, 2.24) is 21.3 Å². The summed E-state index contributed by atoms with van der Waals surface area (Å²) < 4.78 is 11.8. The van der Waals surface area contributed by atoms with E-state index >= 15 is 0 Å². The molecule has 8 atom stereocenters. The number of carbonyl (C=O) groups is 4. The first-order valence-electron chi connectivity index (χ1n) is 15.7. The second-order valence-electron chi connectivity index (χ2n) is 11.4. The normalized spacial score (nSPS) is 16.4. The van der Waals surface area contributed by atoms with Gasteiger partial charge in [-0.05, 0) is 23.0 Å². The summed E-state index contributed by atoms with van der Waals surface area (Å²) in [7, 11) is 2.90. The van der Waals surface area contributed by atoms with E-state index in [1.807, 2.05) is 26.0 Å². The van der Waals surface area contributed by atoms with E-state index in [0.29, 0.717) is 24.0 Å². The van der Waals surface area contributed by atoms with Gasteiger partial charge in [0, 0.05) is 14.1 Å². The Hall–Kier alpha value is -3.84. The van der Waals surface area contributed by atoms with Crippen LogP contribution in [-0.4, -0.2) is 84.4 Å². The number of hydrogen-bond acceptors (Lipinski definition) is 8. The summed E-state index contributed by atoms with van der Waals surface area (Å²) in [6.45, 7) is 7.09. The lowest BCUT2D eigenvalue weighted by atomic mass is 9.95. The lowest BCUT2D eigenvalue weighted by Gasteiger charge is -2.33. The number of benzene rings is 2. The molecule has 0 aliphatic heterocycles. The zero-order chi connectivity index (χ0) is 34.2. The van der Waals surface area contributed by atoms with Crippen molar-refractivity contribution in [3.05, 3.63) is 71.8 Å². The molecular formula is C34H50N4O8. The van der Waals surface area contributed by atoms with Crippen molar-refractivity contribution in [1.29, 1.82) is 0 Å². The summed E-state index contributed by atoms with van der Waals surface area (Å²) in [6.07, 6.45) is -6.27. The summed E-state index contributed by atoms with van der Waals surface area (Å²) in [5.74, 6) is -3.13. The maximum Gasteiger partial charge on any atom is 0.252 e. The van der Waals surface area contributed by atoms with Crippen LogP contribution in [0.25, 0.3) is 0 Å². The molecule has 0 aliphatic rings. The highest BCUT2D eigenvalue weighted by atomic mass is 16.5. The Bertz CT molecular complexity index is 1140. The number of aliphatic hydroxyl groups is 2. The van der Waals surface area contributed by atoms with Crippen molar-refractivity contribution in [3.8, 4) is 0 Å². The van der Waals surface area contributed by atoms with Gasteiger partial charge >= 0.3 is 0 Å². The number of carbonyl (C=O) groups excluding carboxylic acids is 4. The molecule has 0 aromatic heterocycles. The molecule has 0 saturated carbocycles. The Balaban J connectivity index is 2.45. The third kappa shape index (κ3) is 11.2. The molecule has 12 nitrogen and oxygen atoms in total. The van der Waals surface area contributed by atoms with Gasteiger partial charge in [-0.15, -0.1) is 0 Å². The fraction of sp³-hybridized carbons (Fsp3) is 0.529. The molecule has 4 amide bonds. The van der Waals surface area contributed by atoms with Crippen molar-refractivity contribution in [2.24, 2.45) is 11.8 Å². The Morgan fingerprint density at radius 2 is 0.935 bits per heavy atom. The molecule has 2 aromatic rings. The van der Waals surface area contributed by atoms with Gasteiger partial charge in [-0.25, -0.2) is 0 Å². The second kappa shape index (κ2) is 19.6. The monoisotopic (exact) mass is 642 g/mol. The van der Waals surface area contributed by atoms with Gasteiger partial charge in [-0.3, -0.25) is 19.2 Å². The highest BCUT2D eigenvalue weighted by Crippen LogP contribution is 2.18. The number of amides is 4. The molecule has 0 fully saturated rings. The molecule has 0 bridgehead atoms. The van der Waals surface area contributed by atoms with Gasteiger partial charge in [0.05, 0.1) is 13.2 Å². The van der Waals surface area contributed by atoms with E-state index in [2.05, 4.69) is 21.3 Å². The summed E-state index contributed by atoms with van der Waals surface area (Å²) in [5.41, 5.74) is 1.37. The van der Waals surface area contributed by atoms with E-state index in [-0.39, 0.29) is 25.0 Å². The Labute approximate surface area is 271 Å². The highest BCUT2D eigenvalue weighted by molar-refractivity contribution is 5.91. The maximum absolute atomic E-state index is 13.7. The van der Waals surface area contributed by atoms with Gasteiger partial charge in [-0.1, -0.05) is 101 Å². The predicted octanol–water partition coefficient (Wildman–Crippen LogP) is 1.43. The summed E-state index contributed by atoms with van der Waals surface area (Å²) in [5, 5.41) is 33.4. The standard InChI is InChI=1S/C34H50N4O8/c1-7-21(3)25(31(41)35-5)37-33(43)29(45-19-23-15-11-9-12-16-23)27(39)28(40)30(46-20-24-17-13-10-14-18-24)34(44)38-26(22(4)8-2)32(42)36-6/h9-18,21-22,25-30,39-40H,7-8,19-20H2,1-6H3,(H,35,41)(H,36,42)(H,37,43)(H,38,44). The lowest BCUT2D eigenvalue weighted by molar-refractivity contribution is -0.171. The van der Waals surface area contributed by atoms with Crippen LogP contribution >= 0.6 is 0 Å². The topological polar surface area (TPSA) is 175 Å². The summed E-state index contributed by atoms with van der Waals surface area (Å²) in [4.78, 5) is 52.7. The first-order chi connectivity index (χ1) is 22.0. The van der Waals surface area contributed by atoms with Crippen molar-refractivity contribution in [3.63, 3.8) is 0 Å². The van der Waals surface area contributed by atoms with Crippen LogP contribution in [0.5, 0.6) is 0 Å². The zero-order valence-electron chi connectivity index (χ0n) is 27.6. The van der Waals surface area contributed by atoms with Crippen LogP contribution in [0.3, 0.4) is 0 Å². The third-order valence-corrected chi connectivity index (χ3v) is 8.11. The summed E-state index contributed by atoms with van der Waals surface area (Å²) in [6, 6.07) is 15.9. The average molecular weight is 643 g/mol. The van der Waals surface area contributed by atoms with E-state index in [0.717, 1.165) is 0 Å². The molecule has 2 rings (SSSR count). The van der Waals surface area contributed by atoms with E-state index < -0.39 is 60.1 Å². The van der Waals surface area contributed by atoms with Gasteiger partial charge in [-0.2, -0.15) is 0 Å². The number of hydrogen-bond donors (Lipinski definition) is 6. The van der Waals surface area contributed by atoms with E-state index in [9.17, 15) is 29.4 Å². The minimum atomic E-state index is -1.99. The minimum absolute atomic E-state index is 0.120.